The highest BCUT2D eigenvalue weighted by Gasteiger charge is 2.30. The summed E-state index contributed by atoms with van der Waals surface area (Å²) < 4.78 is 32.3. The molecule has 0 radical (unpaired) electrons. The number of piperidine rings is 1. The fraction of sp³-hybridized carbons (Fsp3) is 0.650. The maximum atomic E-state index is 12.7. The van der Waals surface area contributed by atoms with Crippen molar-refractivity contribution in [1.29, 1.82) is 0 Å². The SMILES string of the molecule is O=C(CC1CCN(S(=O)(=O)c2ccc(Cl)cc2)CC1)NCCCN1CCOCC1. The highest BCUT2D eigenvalue weighted by molar-refractivity contribution is 7.89. The van der Waals surface area contributed by atoms with E-state index in [4.69, 9.17) is 16.3 Å². The second kappa shape index (κ2) is 10.7. The first-order valence-corrected chi connectivity index (χ1v) is 12.1. The van der Waals surface area contributed by atoms with Crippen LogP contribution in [0.3, 0.4) is 0 Å². The lowest BCUT2D eigenvalue weighted by Crippen LogP contribution is -2.40. The van der Waals surface area contributed by atoms with Crippen LogP contribution in [-0.4, -0.2) is 76.0 Å². The predicted octanol–water partition coefficient (Wildman–Crippen LogP) is 1.97. The van der Waals surface area contributed by atoms with Gasteiger partial charge < -0.3 is 10.1 Å². The molecule has 3 rings (SSSR count). The third kappa shape index (κ3) is 6.65. The van der Waals surface area contributed by atoms with Crippen LogP contribution in [0.5, 0.6) is 0 Å². The highest BCUT2D eigenvalue weighted by Crippen LogP contribution is 2.26. The molecule has 2 heterocycles. The van der Waals surface area contributed by atoms with E-state index in [-0.39, 0.29) is 16.7 Å². The Hall–Kier alpha value is -1.19. The molecule has 0 spiro atoms. The number of rotatable bonds is 8. The van der Waals surface area contributed by atoms with Crippen molar-refractivity contribution in [2.45, 2.75) is 30.6 Å². The van der Waals surface area contributed by atoms with Gasteiger partial charge in [0.2, 0.25) is 15.9 Å². The summed E-state index contributed by atoms with van der Waals surface area (Å²) >= 11 is 5.85. The minimum Gasteiger partial charge on any atom is -0.379 e. The number of carbonyl (C=O) groups is 1. The zero-order valence-electron chi connectivity index (χ0n) is 16.7. The van der Waals surface area contributed by atoms with Crippen molar-refractivity contribution < 1.29 is 17.9 Å². The van der Waals surface area contributed by atoms with Crippen molar-refractivity contribution in [2.24, 2.45) is 5.92 Å². The molecule has 0 aromatic heterocycles. The van der Waals surface area contributed by atoms with Crippen LogP contribution >= 0.6 is 11.6 Å². The van der Waals surface area contributed by atoms with Gasteiger partial charge in [0.15, 0.2) is 0 Å². The molecule has 2 aliphatic rings. The molecule has 2 aliphatic heterocycles. The van der Waals surface area contributed by atoms with E-state index in [1.165, 1.54) is 16.4 Å². The summed E-state index contributed by atoms with van der Waals surface area (Å²) in [5, 5.41) is 3.51. The fourth-order valence-corrected chi connectivity index (χ4v) is 5.39. The van der Waals surface area contributed by atoms with Gasteiger partial charge in [-0.2, -0.15) is 4.31 Å². The number of nitrogens with zero attached hydrogens (tertiary/aromatic N) is 2. The average molecular weight is 444 g/mol. The molecule has 0 aliphatic carbocycles. The van der Waals surface area contributed by atoms with Crippen LogP contribution in [0.1, 0.15) is 25.7 Å². The van der Waals surface area contributed by atoms with Gasteiger partial charge in [-0.25, -0.2) is 8.42 Å². The highest BCUT2D eigenvalue weighted by atomic mass is 35.5. The van der Waals surface area contributed by atoms with Crippen LogP contribution < -0.4 is 5.32 Å². The third-order valence-corrected chi connectivity index (χ3v) is 7.74. The van der Waals surface area contributed by atoms with Gasteiger partial charge >= 0.3 is 0 Å². The normalized spacial score (nSPS) is 19.9. The largest absolute Gasteiger partial charge is 0.379 e. The standard InChI is InChI=1S/C20H30ClN3O4S/c21-18-2-4-19(5-3-18)29(26,27)24-10-6-17(7-11-24)16-20(25)22-8-1-9-23-12-14-28-15-13-23/h2-5,17H,1,6-16H2,(H,22,25). The van der Waals surface area contributed by atoms with Gasteiger partial charge in [-0.05, 0) is 56.0 Å². The van der Waals surface area contributed by atoms with Crippen molar-refractivity contribution in [3.63, 3.8) is 0 Å². The van der Waals surface area contributed by atoms with Crippen LogP contribution in [0.25, 0.3) is 0 Å². The Balaban J connectivity index is 1.35. The summed E-state index contributed by atoms with van der Waals surface area (Å²) in [7, 11) is -3.50. The van der Waals surface area contributed by atoms with E-state index in [9.17, 15) is 13.2 Å². The Bertz CT molecular complexity index is 758. The van der Waals surface area contributed by atoms with Gasteiger partial charge in [0, 0.05) is 44.2 Å². The summed E-state index contributed by atoms with van der Waals surface area (Å²) in [5.74, 6) is 0.289. The number of hydrogen-bond donors (Lipinski definition) is 1. The number of sulfonamides is 1. The molecular weight excluding hydrogens is 414 g/mol. The van der Waals surface area contributed by atoms with E-state index in [2.05, 4.69) is 10.2 Å². The van der Waals surface area contributed by atoms with E-state index in [0.29, 0.717) is 43.9 Å². The molecule has 1 aromatic rings. The number of morpholine rings is 1. The summed E-state index contributed by atoms with van der Waals surface area (Å²) in [6, 6.07) is 6.25. The predicted molar refractivity (Wildman–Crippen MR) is 112 cm³/mol. The second-order valence-corrected chi connectivity index (χ2v) is 10.0. The third-order valence-electron chi connectivity index (χ3n) is 5.58. The van der Waals surface area contributed by atoms with E-state index in [0.717, 1.165) is 39.3 Å². The first kappa shape index (κ1) is 22.5. The Morgan fingerprint density at radius 3 is 2.41 bits per heavy atom. The number of nitrogens with one attached hydrogen (secondary N) is 1. The van der Waals surface area contributed by atoms with Crippen molar-refractivity contribution in [3.8, 4) is 0 Å². The molecule has 0 unspecified atom stereocenters. The zero-order valence-corrected chi connectivity index (χ0v) is 18.3. The Morgan fingerprint density at radius 2 is 1.76 bits per heavy atom. The quantitative estimate of drug-likeness (QED) is 0.621. The Kier molecular flexibility index (Phi) is 8.32. The Morgan fingerprint density at radius 1 is 1.10 bits per heavy atom. The van der Waals surface area contributed by atoms with Gasteiger partial charge in [0.1, 0.15) is 0 Å². The molecule has 29 heavy (non-hydrogen) atoms. The van der Waals surface area contributed by atoms with E-state index in [1.807, 2.05) is 0 Å². The number of ether oxygens (including phenoxy) is 1. The molecule has 162 valence electrons. The summed E-state index contributed by atoms with van der Waals surface area (Å²) in [5.41, 5.74) is 0. The minimum absolute atomic E-state index is 0.0611. The van der Waals surface area contributed by atoms with Gasteiger partial charge in [0.25, 0.3) is 0 Å². The van der Waals surface area contributed by atoms with Crippen molar-refractivity contribution in [2.75, 3.05) is 52.5 Å². The van der Waals surface area contributed by atoms with Gasteiger partial charge in [-0.1, -0.05) is 11.6 Å². The topological polar surface area (TPSA) is 79.0 Å². The van der Waals surface area contributed by atoms with Crippen LogP contribution in [0, 0.1) is 5.92 Å². The van der Waals surface area contributed by atoms with Crippen molar-refractivity contribution in [1.82, 2.24) is 14.5 Å². The van der Waals surface area contributed by atoms with E-state index < -0.39 is 10.0 Å². The molecule has 2 fully saturated rings. The minimum atomic E-state index is -3.50. The molecule has 9 heteroatoms. The summed E-state index contributed by atoms with van der Waals surface area (Å²) in [4.78, 5) is 14.8. The molecule has 1 N–H and O–H groups in total. The second-order valence-electron chi connectivity index (χ2n) is 7.66. The molecule has 0 bridgehead atoms. The number of hydrogen-bond acceptors (Lipinski definition) is 5. The molecule has 0 saturated carbocycles. The van der Waals surface area contributed by atoms with E-state index >= 15 is 0 Å². The lowest BCUT2D eigenvalue weighted by molar-refractivity contribution is -0.122. The molecule has 0 atom stereocenters. The first-order chi connectivity index (χ1) is 13.9. The van der Waals surface area contributed by atoms with Gasteiger partial charge in [-0.3, -0.25) is 9.69 Å². The number of carbonyl (C=O) groups excluding carboxylic acids is 1. The Labute approximate surface area is 178 Å². The van der Waals surface area contributed by atoms with Crippen LogP contribution in [0.2, 0.25) is 5.02 Å². The van der Waals surface area contributed by atoms with Crippen molar-refractivity contribution >= 4 is 27.5 Å². The maximum absolute atomic E-state index is 12.7. The zero-order chi connectivity index (χ0) is 20.7. The molecule has 2 saturated heterocycles. The van der Waals surface area contributed by atoms with Gasteiger partial charge in [0.05, 0.1) is 18.1 Å². The lowest BCUT2D eigenvalue weighted by Gasteiger charge is -2.31. The average Bonchev–Trinajstić information content (AvgIpc) is 2.73. The number of benzene rings is 1. The number of amides is 1. The first-order valence-electron chi connectivity index (χ1n) is 10.3. The molecule has 7 nitrogen and oxygen atoms in total. The fourth-order valence-electron chi connectivity index (χ4n) is 3.80. The monoisotopic (exact) mass is 443 g/mol. The lowest BCUT2D eigenvalue weighted by atomic mass is 9.94. The van der Waals surface area contributed by atoms with Crippen LogP contribution in [0.4, 0.5) is 0 Å². The molecular formula is C20H30ClN3O4S. The molecule has 1 aromatic carbocycles. The maximum Gasteiger partial charge on any atom is 0.243 e. The van der Waals surface area contributed by atoms with Crippen LogP contribution in [0.15, 0.2) is 29.2 Å². The number of halogens is 1. The smallest absolute Gasteiger partial charge is 0.243 e. The molecule has 1 amide bonds. The summed E-state index contributed by atoms with van der Waals surface area (Å²) in [6.45, 7) is 6.05. The van der Waals surface area contributed by atoms with E-state index in [1.54, 1.807) is 12.1 Å². The summed E-state index contributed by atoms with van der Waals surface area (Å²) in [6.07, 6.45) is 2.80. The van der Waals surface area contributed by atoms with Crippen LogP contribution in [-0.2, 0) is 19.6 Å². The van der Waals surface area contributed by atoms with Gasteiger partial charge in [-0.15, -0.1) is 0 Å². The van der Waals surface area contributed by atoms with Crippen molar-refractivity contribution in [3.05, 3.63) is 29.3 Å².